The van der Waals surface area contributed by atoms with Crippen LogP contribution in [0.15, 0.2) is 17.4 Å². The highest BCUT2D eigenvalue weighted by Gasteiger charge is 2.07. The number of rotatable bonds is 2. The maximum atomic E-state index is 10.7. The van der Waals surface area contributed by atoms with Crippen LogP contribution in [0.5, 0.6) is 0 Å². The van der Waals surface area contributed by atoms with E-state index in [2.05, 4.69) is 26.9 Å². The van der Waals surface area contributed by atoms with Crippen LogP contribution < -0.4 is 0 Å². The second-order valence-corrected chi connectivity index (χ2v) is 2.89. The van der Waals surface area contributed by atoms with E-state index in [1.165, 1.54) is 6.20 Å². The second-order valence-electron chi connectivity index (χ2n) is 2.89. The summed E-state index contributed by atoms with van der Waals surface area (Å²) in [7, 11) is 0. The largest absolute Gasteiger partial charge is 0.477 e. The van der Waals surface area contributed by atoms with Gasteiger partial charge in [-0.15, -0.1) is 0 Å². The monoisotopic (exact) mass is 216 g/mol. The van der Waals surface area contributed by atoms with Crippen LogP contribution in [-0.4, -0.2) is 22.6 Å². The van der Waals surface area contributed by atoms with Gasteiger partial charge in [-0.05, 0) is 24.1 Å². The molecule has 0 unspecified atom stereocenters. The summed E-state index contributed by atoms with van der Waals surface area (Å²) in [6.45, 7) is 1.73. The van der Waals surface area contributed by atoms with Crippen molar-refractivity contribution in [2.75, 3.05) is 6.54 Å². The van der Waals surface area contributed by atoms with Crippen molar-refractivity contribution in [3.05, 3.63) is 39.5 Å². The second kappa shape index (κ2) is 5.39. The molecule has 0 spiro atoms. The van der Waals surface area contributed by atoms with Crippen LogP contribution in [0, 0.1) is 18.8 Å². The molecule has 80 valence electrons. The fourth-order valence-electron chi connectivity index (χ4n) is 1.08. The van der Waals surface area contributed by atoms with Crippen molar-refractivity contribution in [2.24, 2.45) is 5.11 Å². The molecule has 6 nitrogen and oxygen atoms in total. The lowest BCUT2D eigenvalue weighted by Gasteiger charge is -1.98. The van der Waals surface area contributed by atoms with Crippen LogP contribution in [0.1, 0.15) is 21.6 Å². The minimum absolute atomic E-state index is 0.0144. The number of hydrogen-bond acceptors (Lipinski definition) is 3. The molecule has 1 heterocycles. The van der Waals surface area contributed by atoms with Gasteiger partial charge in [0.15, 0.2) is 5.69 Å². The molecular formula is C10H8N4O2. The summed E-state index contributed by atoms with van der Waals surface area (Å²) < 4.78 is 0. The maximum Gasteiger partial charge on any atom is 0.354 e. The third-order valence-electron chi connectivity index (χ3n) is 1.73. The van der Waals surface area contributed by atoms with Gasteiger partial charge in [0.05, 0.1) is 6.54 Å². The first-order valence-electron chi connectivity index (χ1n) is 4.35. The lowest BCUT2D eigenvalue weighted by Crippen LogP contribution is -2.03. The first kappa shape index (κ1) is 11.6. The Balaban J connectivity index is 2.92. The lowest BCUT2D eigenvalue weighted by atomic mass is 10.1. The van der Waals surface area contributed by atoms with E-state index >= 15 is 0 Å². The summed E-state index contributed by atoms with van der Waals surface area (Å²) in [6.07, 6.45) is 1.37. The molecule has 0 aliphatic heterocycles. The van der Waals surface area contributed by atoms with E-state index in [0.717, 1.165) is 0 Å². The molecule has 0 bridgehead atoms. The summed E-state index contributed by atoms with van der Waals surface area (Å²) in [4.78, 5) is 17.0. The molecule has 1 N–H and O–H groups in total. The van der Waals surface area contributed by atoms with Gasteiger partial charge in [-0.25, -0.2) is 9.78 Å². The molecule has 0 aromatic carbocycles. The zero-order valence-corrected chi connectivity index (χ0v) is 8.51. The third-order valence-corrected chi connectivity index (χ3v) is 1.73. The van der Waals surface area contributed by atoms with Gasteiger partial charge in [-0.1, -0.05) is 17.0 Å². The Morgan fingerprint density at radius 2 is 2.50 bits per heavy atom. The number of aromatic carboxylic acids is 1. The van der Waals surface area contributed by atoms with Crippen molar-refractivity contribution >= 4 is 5.97 Å². The van der Waals surface area contributed by atoms with Gasteiger partial charge in [0.25, 0.3) is 0 Å². The SMILES string of the molecule is Cc1cc(C#CCN=[N+]=[N-])cnc1C(=O)O. The van der Waals surface area contributed by atoms with E-state index in [9.17, 15) is 4.79 Å². The number of hydrogen-bond donors (Lipinski definition) is 1. The molecule has 0 aliphatic rings. The number of pyridine rings is 1. The van der Waals surface area contributed by atoms with Gasteiger partial charge in [-0.2, -0.15) is 0 Å². The van der Waals surface area contributed by atoms with Gasteiger partial charge in [0.2, 0.25) is 0 Å². The average molecular weight is 216 g/mol. The number of nitrogens with zero attached hydrogens (tertiary/aromatic N) is 4. The minimum Gasteiger partial charge on any atom is -0.477 e. The molecule has 0 aliphatic carbocycles. The van der Waals surface area contributed by atoms with Crippen LogP contribution >= 0.6 is 0 Å². The molecule has 0 saturated carbocycles. The summed E-state index contributed by atoms with van der Waals surface area (Å²) >= 11 is 0. The number of carbonyl (C=O) groups is 1. The van der Waals surface area contributed by atoms with Gasteiger partial charge in [0.1, 0.15) is 0 Å². The van der Waals surface area contributed by atoms with E-state index in [4.69, 9.17) is 10.6 Å². The van der Waals surface area contributed by atoms with Crippen molar-refractivity contribution in [1.82, 2.24) is 4.98 Å². The topological polar surface area (TPSA) is 99.0 Å². The minimum atomic E-state index is -1.06. The number of aromatic nitrogens is 1. The summed E-state index contributed by atoms with van der Waals surface area (Å²) in [5, 5.41) is 12.0. The van der Waals surface area contributed by atoms with E-state index in [0.29, 0.717) is 11.1 Å². The molecule has 6 heteroatoms. The molecule has 1 aromatic heterocycles. The van der Waals surface area contributed by atoms with Gasteiger partial charge in [0, 0.05) is 16.7 Å². The van der Waals surface area contributed by atoms with E-state index in [1.807, 2.05) is 0 Å². The molecule has 0 atom stereocenters. The molecule has 0 amide bonds. The number of carboxylic acid groups (broad SMARTS) is 1. The van der Waals surface area contributed by atoms with Crippen LogP contribution in [0.25, 0.3) is 10.4 Å². The number of azide groups is 1. The normalized spacial score (nSPS) is 8.56. The van der Waals surface area contributed by atoms with Crippen molar-refractivity contribution in [3.63, 3.8) is 0 Å². The molecular weight excluding hydrogens is 208 g/mol. The highest BCUT2D eigenvalue weighted by Crippen LogP contribution is 2.06. The predicted molar refractivity (Wildman–Crippen MR) is 56.8 cm³/mol. The Morgan fingerprint density at radius 3 is 3.06 bits per heavy atom. The Hall–Kier alpha value is -2.51. The maximum absolute atomic E-state index is 10.7. The van der Waals surface area contributed by atoms with Crippen LogP contribution in [0.4, 0.5) is 0 Å². The molecule has 1 rings (SSSR count). The standard InChI is InChI=1S/C10H8N4O2/c1-7-5-8(3-2-4-13-14-11)6-12-9(7)10(15)16/h5-6H,4H2,1H3,(H,15,16). The lowest BCUT2D eigenvalue weighted by molar-refractivity contribution is 0.0689. The Bertz CT molecular complexity index is 521. The van der Waals surface area contributed by atoms with Gasteiger partial charge < -0.3 is 5.11 Å². The third kappa shape index (κ3) is 3.01. The molecule has 0 saturated heterocycles. The summed E-state index contributed by atoms with van der Waals surface area (Å²) in [5.74, 6) is 4.27. The molecule has 16 heavy (non-hydrogen) atoms. The zero-order chi connectivity index (χ0) is 12.0. The van der Waals surface area contributed by atoms with Crippen molar-refractivity contribution in [2.45, 2.75) is 6.92 Å². The Morgan fingerprint density at radius 1 is 1.75 bits per heavy atom. The first-order valence-corrected chi connectivity index (χ1v) is 4.35. The fourth-order valence-corrected chi connectivity index (χ4v) is 1.08. The highest BCUT2D eigenvalue weighted by molar-refractivity contribution is 5.87. The smallest absolute Gasteiger partial charge is 0.354 e. The Labute approximate surface area is 91.6 Å². The van der Waals surface area contributed by atoms with Crippen LogP contribution in [-0.2, 0) is 0 Å². The summed E-state index contributed by atoms with van der Waals surface area (Å²) in [6, 6.07) is 1.62. The van der Waals surface area contributed by atoms with Crippen LogP contribution in [0.2, 0.25) is 0 Å². The van der Waals surface area contributed by atoms with Gasteiger partial charge in [-0.3, -0.25) is 0 Å². The summed E-state index contributed by atoms with van der Waals surface area (Å²) in [5.41, 5.74) is 9.17. The fraction of sp³-hybridized carbons (Fsp3) is 0.200. The quantitative estimate of drug-likeness (QED) is 0.352. The molecule has 0 fully saturated rings. The van der Waals surface area contributed by atoms with Crippen LogP contribution in [0.3, 0.4) is 0 Å². The first-order chi connectivity index (χ1) is 7.65. The van der Waals surface area contributed by atoms with Crippen molar-refractivity contribution < 1.29 is 9.90 Å². The molecule has 1 aromatic rings. The average Bonchev–Trinajstić information content (AvgIpc) is 2.24. The van der Waals surface area contributed by atoms with E-state index in [-0.39, 0.29) is 12.2 Å². The van der Waals surface area contributed by atoms with Gasteiger partial charge >= 0.3 is 5.97 Å². The zero-order valence-electron chi connectivity index (χ0n) is 8.51. The number of carboxylic acids is 1. The number of aryl methyl sites for hydroxylation is 1. The predicted octanol–water partition coefficient (Wildman–Crippen LogP) is 1.75. The van der Waals surface area contributed by atoms with Crippen molar-refractivity contribution in [3.8, 4) is 11.8 Å². The van der Waals surface area contributed by atoms with E-state index < -0.39 is 5.97 Å². The highest BCUT2D eigenvalue weighted by atomic mass is 16.4. The van der Waals surface area contributed by atoms with E-state index in [1.54, 1.807) is 13.0 Å². The Kier molecular flexibility index (Phi) is 3.90. The molecule has 0 radical (unpaired) electrons. The van der Waals surface area contributed by atoms with Crippen molar-refractivity contribution in [1.29, 1.82) is 0 Å².